The van der Waals surface area contributed by atoms with Crippen LogP contribution in [0.4, 0.5) is 0 Å². The summed E-state index contributed by atoms with van der Waals surface area (Å²) in [5.74, 6) is 0. The normalized spacial score (nSPS) is 4.50. The van der Waals surface area contributed by atoms with E-state index < -0.39 is 7.32 Å². The molecule has 0 heterocycles. The molecule has 0 N–H and O–H groups in total. The van der Waals surface area contributed by atoms with Crippen LogP contribution in [0.25, 0.3) is 0 Å². The first kappa shape index (κ1) is 15.9. The Hall–Kier alpha value is 0.754. The molecule has 6 heavy (non-hydrogen) atoms. The molecule has 0 saturated carbocycles. The predicted octanol–water partition coefficient (Wildman–Crippen LogP) is -6.95. The maximum absolute atomic E-state index is 8.42. The Morgan fingerprint density at radius 3 is 1.00 bits per heavy atom. The summed E-state index contributed by atoms with van der Waals surface area (Å²) in [7, 11) is -2.92. The summed E-state index contributed by atoms with van der Waals surface area (Å²) in [6.45, 7) is 0. The minimum atomic E-state index is -2.92. The molecule has 0 amide bonds. The van der Waals surface area contributed by atoms with Gasteiger partial charge in [0.15, 0.2) is 0 Å². The van der Waals surface area contributed by atoms with Crippen molar-refractivity contribution in [2.45, 2.75) is 0 Å². The SMILES string of the molecule is [Cl-].[Mn+4].[O-]B([O-])[O-]. The van der Waals surface area contributed by atoms with E-state index in [0.29, 0.717) is 0 Å². The fraction of sp³-hybridized carbons (Fsp3) is 0. The van der Waals surface area contributed by atoms with E-state index in [1.807, 2.05) is 0 Å². The van der Waals surface area contributed by atoms with Crippen LogP contribution in [0.3, 0.4) is 0 Å². The van der Waals surface area contributed by atoms with Gasteiger partial charge >= 0.3 is 17.1 Å². The third kappa shape index (κ3) is 118. The van der Waals surface area contributed by atoms with Crippen molar-refractivity contribution in [1.82, 2.24) is 0 Å². The number of hydrogen-bond donors (Lipinski definition) is 0. The van der Waals surface area contributed by atoms with E-state index >= 15 is 0 Å². The molecule has 0 aliphatic rings. The van der Waals surface area contributed by atoms with Gasteiger partial charge in [-0.25, -0.2) is 0 Å². The summed E-state index contributed by atoms with van der Waals surface area (Å²) in [6, 6.07) is 0. The standard InChI is InChI=1S/BO3.ClH.Mn/c2-1(3)4;;/h;1H;/q-3;;+4/p-1. The minimum absolute atomic E-state index is 0. The Kier molecular flexibility index (Phi) is 24.4. The topological polar surface area (TPSA) is 69.2 Å². The van der Waals surface area contributed by atoms with E-state index in [0.717, 1.165) is 0 Å². The van der Waals surface area contributed by atoms with Gasteiger partial charge in [0, 0.05) is 0 Å². The van der Waals surface area contributed by atoms with E-state index in [-0.39, 0.29) is 29.5 Å². The second-order valence-corrected chi connectivity index (χ2v) is 0.289. The molecule has 0 aromatic rings. The smallest absolute Gasteiger partial charge is 1.00 e. The molecule has 0 aromatic carbocycles. The zero-order chi connectivity index (χ0) is 3.58. The maximum Gasteiger partial charge on any atom is 4.00 e. The van der Waals surface area contributed by atoms with Gasteiger partial charge in [0.1, 0.15) is 0 Å². The van der Waals surface area contributed by atoms with Gasteiger partial charge in [0.25, 0.3) is 0 Å². The monoisotopic (exact) mass is 149 g/mol. The van der Waals surface area contributed by atoms with E-state index in [1.165, 1.54) is 0 Å². The first-order valence-corrected chi connectivity index (χ1v) is 0.707. The van der Waals surface area contributed by atoms with Crippen molar-refractivity contribution >= 4 is 7.32 Å². The van der Waals surface area contributed by atoms with Gasteiger partial charge in [-0.3, -0.25) is 7.32 Å². The van der Waals surface area contributed by atoms with Crippen molar-refractivity contribution in [3.05, 3.63) is 0 Å². The molecule has 0 atom stereocenters. The molecule has 0 rings (SSSR count). The van der Waals surface area contributed by atoms with Crippen LogP contribution >= 0.6 is 0 Å². The molecular formula is BClMnO3. The fourth-order valence-electron chi connectivity index (χ4n) is 0. The summed E-state index contributed by atoms with van der Waals surface area (Å²) < 4.78 is 0. The summed E-state index contributed by atoms with van der Waals surface area (Å²) in [6.07, 6.45) is 0. The zero-order valence-electron chi connectivity index (χ0n) is 2.56. The molecule has 0 unspecified atom stereocenters. The van der Waals surface area contributed by atoms with Crippen LogP contribution in [0.2, 0.25) is 0 Å². The van der Waals surface area contributed by atoms with Crippen LogP contribution in [0.5, 0.6) is 0 Å². The Balaban J connectivity index is -0.0000000450. The molecule has 3 nitrogen and oxygen atoms in total. The molecule has 0 aliphatic heterocycles. The molecule has 0 aliphatic carbocycles. The molecule has 6 heteroatoms. The summed E-state index contributed by atoms with van der Waals surface area (Å²) in [5, 5.41) is 25.2. The average Bonchev–Trinajstić information content (AvgIpc) is 0.811. The van der Waals surface area contributed by atoms with Crippen molar-refractivity contribution < 1.29 is 44.5 Å². The summed E-state index contributed by atoms with van der Waals surface area (Å²) in [4.78, 5) is 0. The predicted molar refractivity (Wildman–Crippen MR) is 5.75 cm³/mol. The average molecular weight is 149 g/mol. The molecule has 0 saturated heterocycles. The van der Waals surface area contributed by atoms with Crippen molar-refractivity contribution in [2.24, 2.45) is 0 Å². The van der Waals surface area contributed by atoms with Crippen molar-refractivity contribution in [3.8, 4) is 0 Å². The quantitative estimate of drug-likeness (QED) is 0.321. The Bertz CT molecular complexity index is 15.5. The van der Waals surface area contributed by atoms with Crippen LogP contribution in [0.15, 0.2) is 0 Å². The minimum Gasteiger partial charge on any atom is -1.00 e. The number of halogens is 1. The van der Waals surface area contributed by atoms with Crippen molar-refractivity contribution in [1.29, 1.82) is 0 Å². The third-order valence-electron chi connectivity index (χ3n) is 0. The number of hydrogen-bond acceptors (Lipinski definition) is 3. The first-order valence-electron chi connectivity index (χ1n) is 0.707. The van der Waals surface area contributed by atoms with Gasteiger partial charge in [-0.05, 0) is 0 Å². The van der Waals surface area contributed by atoms with Gasteiger partial charge in [0.05, 0.1) is 0 Å². The van der Waals surface area contributed by atoms with Gasteiger partial charge in [-0.15, -0.1) is 0 Å². The Morgan fingerprint density at radius 2 is 1.00 bits per heavy atom. The molecule has 0 bridgehead atoms. The van der Waals surface area contributed by atoms with E-state index in [2.05, 4.69) is 0 Å². The van der Waals surface area contributed by atoms with Gasteiger partial charge in [0.2, 0.25) is 0 Å². The van der Waals surface area contributed by atoms with Crippen LogP contribution in [-0.2, 0) is 17.1 Å². The molecule has 35 valence electrons. The Morgan fingerprint density at radius 1 is 1.00 bits per heavy atom. The maximum atomic E-state index is 8.42. The molecular weight excluding hydrogens is 149 g/mol. The second kappa shape index (κ2) is 9.23. The molecule has 0 fully saturated rings. The fourth-order valence-corrected chi connectivity index (χ4v) is 0. The summed E-state index contributed by atoms with van der Waals surface area (Å²) >= 11 is 0. The molecule has 1 radical (unpaired) electrons. The molecule has 0 spiro atoms. The Labute approximate surface area is 52.4 Å². The largest absolute Gasteiger partial charge is 4.00 e. The van der Waals surface area contributed by atoms with Crippen LogP contribution in [0, 0.1) is 0 Å². The summed E-state index contributed by atoms with van der Waals surface area (Å²) in [5.41, 5.74) is 0. The first-order chi connectivity index (χ1) is 1.73. The van der Waals surface area contributed by atoms with Gasteiger partial charge in [-0.2, -0.15) is 0 Å². The zero-order valence-corrected chi connectivity index (χ0v) is 4.49. The van der Waals surface area contributed by atoms with Crippen LogP contribution < -0.4 is 27.5 Å². The van der Waals surface area contributed by atoms with Crippen LogP contribution in [0.1, 0.15) is 0 Å². The van der Waals surface area contributed by atoms with Gasteiger partial charge in [-0.1, -0.05) is 0 Å². The van der Waals surface area contributed by atoms with E-state index in [1.54, 1.807) is 0 Å². The van der Waals surface area contributed by atoms with Crippen molar-refractivity contribution in [2.75, 3.05) is 0 Å². The number of rotatable bonds is 0. The van der Waals surface area contributed by atoms with Crippen LogP contribution in [-0.4, -0.2) is 7.32 Å². The molecule has 0 aromatic heterocycles. The second-order valence-electron chi connectivity index (χ2n) is 0.289. The third-order valence-corrected chi connectivity index (χ3v) is 0. The van der Waals surface area contributed by atoms with Crippen molar-refractivity contribution in [3.63, 3.8) is 0 Å². The van der Waals surface area contributed by atoms with Gasteiger partial charge < -0.3 is 27.5 Å². The van der Waals surface area contributed by atoms with E-state index in [4.69, 9.17) is 15.1 Å². The van der Waals surface area contributed by atoms with E-state index in [9.17, 15) is 0 Å².